The molecule has 0 aliphatic heterocycles. The summed E-state index contributed by atoms with van der Waals surface area (Å²) in [6.07, 6.45) is -1.02. The highest BCUT2D eigenvalue weighted by Gasteiger charge is 2.27. The highest BCUT2D eigenvalue weighted by atomic mass is 16.5. The maximum absolute atomic E-state index is 12.6. The molecule has 1 aromatic heterocycles. The quantitative estimate of drug-likeness (QED) is 0.629. The van der Waals surface area contributed by atoms with Crippen LogP contribution in [0.25, 0.3) is 0 Å². The van der Waals surface area contributed by atoms with E-state index in [2.05, 4.69) is 4.98 Å². The molecule has 0 radical (unpaired) electrons. The topological polar surface area (TPSA) is 94.7 Å². The number of benzene rings is 1. The van der Waals surface area contributed by atoms with Crippen molar-refractivity contribution >= 4 is 17.7 Å². The first-order valence-electron chi connectivity index (χ1n) is 7.96. The number of hydrogen-bond acceptors (Lipinski definition) is 6. The van der Waals surface area contributed by atoms with Gasteiger partial charge < -0.3 is 19.2 Å². The first kappa shape index (κ1) is 19.2. The lowest BCUT2D eigenvalue weighted by Crippen LogP contribution is -2.25. The second-order valence-electron chi connectivity index (χ2n) is 5.76. The highest BCUT2D eigenvalue weighted by molar-refractivity contribution is 6.04. The zero-order chi connectivity index (χ0) is 19.4. The highest BCUT2D eigenvalue weighted by Crippen LogP contribution is 2.21. The Hall–Kier alpha value is -3.09. The van der Waals surface area contributed by atoms with Crippen LogP contribution in [0.4, 0.5) is 0 Å². The molecule has 1 aromatic carbocycles. The second kappa shape index (κ2) is 7.86. The number of aryl methyl sites for hydroxylation is 1. The Kier molecular flexibility index (Phi) is 5.82. The van der Waals surface area contributed by atoms with Crippen molar-refractivity contribution in [1.82, 2.24) is 4.98 Å². The molecular formula is C19H21NO6. The number of H-pyrrole nitrogens is 1. The number of hydrogen-bond donors (Lipinski definition) is 1. The molecule has 1 atom stereocenters. The summed E-state index contributed by atoms with van der Waals surface area (Å²) < 4.78 is 15.0. The van der Waals surface area contributed by atoms with Crippen molar-refractivity contribution in [2.45, 2.75) is 26.9 Å². The minimum atomic E-state index is -1.02. The molecule has 0 bridgehead atoms. The summed E-state index contributed by atoms with van der Waals surface area (Å²) in [5.41, 5.74) is 1.82. The molecule has 0 amide bonds. The number of carbonyl (C=O) groups is 3. The lowest BCUT2D eigenvalue weighted by Gasteiger charge is -2.12. The largest absolute Gasteiger partial charge is 0.497 e. The van der Waals surface area contributed by atoms with E-state index in [1.165, 1.54) is 21.1 Å². The third-order valence-corrected chi connectivity index (χ3v) is 4.05. The fourth-order valence-corrected chi connectivity index (χ4v) is 2.62. The van der Waals surface area contributed by atoms with Crippen molar-refractivity contribution in [3.05, 3.63) is 52.3 Å². The van der Waals surface area contributed by atoms with Crippen LogP contribution in [0.1, 0.15) is 49.4 Å². The summed E-state index contributed by atoms with van der Waals surface area (Å²) in [7, 11) is 2.80. The van der Waals surface area contributed by atoms with Crippen molar-refractivity contribution in [2.24, 2.45) is 0 Å². The van der Waals surface area contributed by atoms with Gasteiger partial charge >= 0.3 is 11.9 Å². The summed E-state index contributed by atoms with van der Waals surface area (Å²) >= 11 is 0. The van der Waals surface area contributed by atoms with Gasteiger partial charge in [-0.1, -0.05) is 0 Å². The van der Waals surface area contributed by atoms with Crippen LogP contribution in [0.5, 0.6) is 5.75 Å². The van der Waals surface area contributed by atoms with Crippen LogP contribution in [-0.4, -0.2) is 43.0 Å². The number of nitrogens with one attached hydrogen (secondary N) is 1. The van der Waals surface area contributed by atoms with Gasteiger partial charge in [0.15, 0.2) is 6.10 Å². The Labute approximate surface area is 151 Å². The minimum Gasteiger partial charge on any atom is -0.497 e. The zero-order valence-corrected chi connectivity index (χ0v) is 15.3. The van der Waals surface area contributed by atoms with Gasteiger partial charge in [-0.2, -0.15) is 0 Å². The Morgan fingerprint density at radius 3 is 2.15 bits per heavy atom. The summed E-state index contributed by atoms with van der Waals surface area (Å²) in [6, 6.07) is 6.37. The molecule has 2 rings (SSSR count). The number of ketones is 1. The van der Waals surface area contributed by atoms with E-state index in [4.69, 9.17) is 14.2 Å². The van der Waals surface area contributed by atoms with E-state index in [9.17, 15) is 14.4 Å². The van der Waals surface area contributed by atoms with E-state index in [1.807, 2.05) is 0 Å². The zero-order valence-electron chi connectivity index (χ0n) is 15.3. The van der Waals surface area contributed by atoms with Crippen LogP contribution in [0, 0.1) is 13.8 Å². The lowest BCUT2D eigenvalue weighted by atomic mass is 10.1. The van der Waals surface area contributed by atoms with Crippen molar-refractivity contribution in [1.29, 1.82) is 0 Å². The third kappa shape index (κ3) is 3.77. The fraction of sp³-hybridized carbons (Fsp3) is 0.316. The standard InChI is InChI=1S/C19H21NO6/c1-10-15(19(23)25-5)11(2)20-16(10)17(21)12(3)26-18(22)13-6-8-14(24-4)9-7-13/h6-9,12,20H,1-5H3/t12-/m1/s1. The van der Waals surface area contributed by atoms with E-state index >= 15 is 0 Å². The van der Waals surface area contributed by atoms with Gasteiger partial charge in [-0.25, -0.2) is 9.59 Å². The van der Waals surface area contributed by atoms with Crippen molar-refractivity contribution < 1.29 is 28.6 Å². The maximum atomic E-state index is 12.6. The molecule has 1 heterocycles. The molecule has 0 unspecified atom stereocenters. The number of aromatic nitrogens is 1. The van der Waals surface area contributed by atoms with Crippen molar-refractivity contribution in [2.75, 3.05) is 14.2 Å². The fourth-order valence-electron chi connectivity index (χ4n) is 2.62. The third-order valence-electron chi connectivity index (χ3n) is 4.05. The maximum Gasteiger partial charge on any atom is 0.339 e. The van der Waals surface area contributed by atoms with E-state index in [0.717, 1.165) is 0 Å². The van der Waals surface area contributed by atoms with Gasteiger partial charge in [-0.05, 0) is 50.6 Å². The van der Waals surface area contributed by atoms with Gasteiger partial charge in [0.05, 0.1) is 31.0 Å². The van der Waals surface area contributed by atoms with Crippen LogP contribution in [0.2, 0.25) is 0 Å². The van der Waals surface area contributed by atoms with Gasteiger partial charge in [-0.3, -0.25) is 4.79 Å². The SMILES string of the molecule is COC(=O)c1c(C)[nH]c(C(=O)[C@@H](C)OC(=O)c2ccc(OC)cc2)c1C. The van der Waals surface area contributed by atoms with Gasteiger partial charge in [-0.15, -0.1) is 0 Å². The molecule has 0 saturated heterocycles. The Morgan fingerprint density at radius 2 is 1.62 bits per heavy atom. The summed E-state index contributed by atoms with van der Waals surface area (Å²) in [5.74, 6) is -0.970. The first-order valence-corrected chi connectivity index (χ1v) is 7.96. The van der Waals surface area contributed by atoms with Gasteiger partial charge in [0.2, 0.25) is 5.78 Å². The molecule has 138 valence electrons. The lowest BCUT2D eigenvalue weighted by molar-refractivity contribution is 0.0316. The molecule has 0 aliphatic carbocycles. The predicted molar refractivity (Wildman–Crippen MR) is 93.8 cm³/mol. The number of ether oxygens (including phenoxy) is 3. The summed E-state index contributed by atoms with van der Waals surface area (Å²) in [4.78, 5) is 39.5. The number of methoxy groups -OCH3 is 2. The van der Waals surface area contributed by atoms with Crippen LogP contribution >= 0.6 is 0 Å². The molecule has 7 heteroatoms. The smallest absolute Gasteiger partial charge is 0.339 e. The summed E-state index contributed by atoms with van der Waals surface area (Å²) in [6.45, 7) is 4.79. The predicted octanol–water partition coefficient (Wildman–Crippen LogP) is 2.85. The van der Waals surface area contributed by atoms with E-state index < -0.39 is 23.8 Å². The first-order chi connectivity index (χ1) is 12.3. The monoisotopic (exact) mass is 359 g/mol. The normalized spacial score (nSPS) is 11.6. The molecule has 26 heavy (non-hydrogen) atoms. The number of Topliss-reactive ketones (excluding diaryl/α,β-unsaturated/α-hetero) is 1. The van der Waals surface area contributed by atoms with Crippen molar-refractivity contribution in [3.8, 4) is 5.75 Å². The number of esters is 2. The average molecular weight is 359 g/mol. The molecule has 7 nitrogen and oxygen atoms in total. The second-order valence-corrected chi connectivity index (χ2v) is 5.76. The molecule has 0 fully saturated rings. The van der Waals surface area contributed by atoms with Crippen LogP contribution in [0.3, 0.4) is 0 Å². The Balaban J connectivity index is 2.16. The van der Waals surface area contributed by atoms with E-state index in [-0.39, 0.29) is 5.69 Å². The van der Waals surface area contributed by atoms with Gasteiger partial charge in [0, 0.05) is 5.69 Å². The molecule has 0 spiro atoms. The average Bonchev–Trinajstić information content (AvgIpc) is 2.94. The number of aromatic amines is 1. The van der Waals surface area contributed by atoms with Crippen LogP contribution < -0.4 is 4.74 Å². The number of rotatable bonds is 6. The van der Waals surface area contributed by atoms with E-state index in [1.54, 1.807) is 38.1 Å². The van der Waals surface area contributed by atoms with Crippen molar-refractivity contribution in [3.63, 3.8) is 0 Å². The van der Waals surface area contributed by atoms with Crippen LogP contribution in [-0.2, 0) is 9.47 Å². The molecule has 1 N–H and O–H groups in total. The Bertz CT molecular complexity index is 834. The molecule has 0 aliphatic rings. The summed E-state index contributed by atoms with van der Waals surface area (Å²) in [5, 5.41) is 0. The molecule has 0 saturated carbocycles. The van der Waals surface area contributed by atoms with Crippen LogP contribution in [0.15, 0.2) is 24.3 Å². The molecular weight excluding hydrogens is 338 g/mol. The minimum absolute atomic E-state index is 0.220. The van der Waals surface area contributed by atoms with Gasteiger partial charge in [0.1, 0.15) is 5.75 Å². The Morgan fingerprint density at radius 1 is 1.00 bits per heavy atom. The van der Waals surface area contributed by atoms with Gasteiger partial charge in [0.25, 0.3) is 0 Å². The number of carbonyl (C=O) groups excluding carboxylic acids is 3. The van der Waals surface area contributed by atoms with E-state index in [0.29, 0.717) is 28.1 Å². The molecule has 2 aromatic rings.